The fourth-order valence-corrected chi connectivity index (χ4v) is 6.82. The van der Waals surface area contributed by atoms with Gasteiger partial charge in [-0.2, -0.15) is 0 Å². The van der Waals surface area contributed by atoms with E-state index in [9.17, 15) is 14.4 Å². The number of hydrogen-bond acceptors (Lipinski definition) is 8. The van der Waals surface area contributed by atoms with E-state index in [-0.39, 0.29) is 30.0 Å². The molecule has 5 aromatic rings. The van der Waals surface area contributed by atoms with Crippen molar-refractivity contribution in [2.24, 2.45) is 0 Å². The average molecular weight is 729 g/mol. The van der Waals surface area contributed by atoms with Crippen LogP contribution in [0.4, 0.5) is 0 Å². The van der Waals surface area contributed by atoms with Crippen molar-refractivity contribution in [3.05, 3.63) is 105 Å². The third-order valence-electron chi connectivity index (χ3n) is 9.09. The summed E-state index contributed by atoms with van der Waals surface area (Å²) in [4.78, 5) is 46.3. The summed E-state index contributed by atoms with van der Waals surface area (Å²) in [6, 6.07) is 19.1. The minimum absolute atomic E-state index is 0.0890. The zero-order chi connectivity index (χ0) is 36.3. The van der Waals surface area contributed by atoms with Crippen LogP contribution in [0.3, 0.4) is 0 Å². The van der Waals surface area contributed by atoms with Gasteiger partial charge in [-0.1, -0.05) is 65.7 Å². The van der Waals surface area contributed by atoms with Gasteiger partial charge in [-0.15, -0.1) is 0 Å². The summed E-state index contributed by atoms with van der Waals surface area (Å²) in [6.45, 7) is 4.87. The Morgan fingerprint density at radius 2 is 1.69 bits per heavy atom. The van der Waals surface area contributed by atoms with Crippen LogP contribution in [0.2, 0.25) is 10.0 Å². The SMILES string of the molecule is CNC(=O)C(C)(C)NCc1cnc2cc(-c3cccc(-c4cccc(-c5ccc(CNCC6CCC(=O)N6)c(OC)n5)c4Cl)c3Cl)ccn2c1=O. The molecule has 11 nitrogen and oxygen atoms in total. The van der Waals surface area contributed by atoms with Gasteiger partial charge in [0.15, 0.2) is 0 Å². The van der Waals surface area contributed by atoms with Gasteiger partial charge in [0.1, 0.15) is 5.65 Å². The van der Waals surface area contributed by atoms with Crippen LogP contribution >= 0.6 is 23.2 Å². The van der Waals surface area contributed by atoms with E-state index in [1.807, 2.05) is 60.7 Å². The molecule has 264 valence electrons. The molecule has 0 saturated carbocycles. The molecule has 13 heteroatoms. The van der Waals surface area contributed by atoms with E-state index in [2.05, 4.69) is 26.3 Å². The molecule has 1 saturated heterocycles. The zero-order valence-corrected chi connectivity index (χ0v) is 30.3. The molecule has 0 aliphatic carbocycles. The number of fused-ring (bicyclic) bond motifs is 1. The number of methoxy groups -OCH3 is 1. The molecule has 6 rings (SSSR count). The van der Waals surface area contributed by atoms with Crippen molar-refractivity contribution in [1.29, 1.82) is 0 Å². The van der Waals surface area contributed by atoms with Gasteiger partial charge in [-0.25, -0.2) is 9.97 Å². The predicted octanol–water partition coefficient (Wildman–Crippen LogP) is 5.39. The molecule has 4 heterocycles. The number of ether oxygens (including phenoxy) is 1. The molecule has 51 heavy (non-hydrogen) atoms. The van der Waals surface area contributed by atoms with Crippen LogP contribution in [0.15, 0.2) is 77.9 Å². The lowest BCUT2D eigenvalue weighted by atomic mass is 9.97. The molecule has 1 atom stereocenters. The summed E-state index contributed by atoms with van der Waals surface area (Å²) in [6.07, 6.45) is 4.59. The van der Waals surface area contributed by atoms with Crippen LogP contribution in [-0.4, -0.2) is 58.5 Å². The number of rotatable bonds is 12. The van der Waals surface area contributed by atoms with Crippen LogP contribution in [0.5, 0.6) is 5.88 Å². The number of halogens is 2. The van der Waals surface area contributed by atoms with Crippen molar-refractivity contribution in [3.63, 3.8) is 0 Å². The Kier molecular flexibility index (Phi) is 10.7. The van der Waals surface area contributed by atoms with Gasteiger partial charge in [0.2, 0.25) is 17.7 Å². The van der Waals surface area contributed by atoms with E-state index in [4.69, 9.17) is 32.9 Å². The third-order valence-corrected chi connectivity index (χ3v) is 9.91. The number of pyridine rings is 2. The molecule has 0 bridgehead atoms. The van der Waals surface area contributed by atoms with Crippen LogP contribution in [0, 0.1) is 0 Å². The molecule has 1 aliphatic rings. The number of hydrogen-bond donors (Lipinski definition) is 4. The molecule has 0 spiro atoms. The van der Waals surface area contributed by atoms with E-state index in [0.29, 0.717) is 52.3 Å². The number of nitrogens with one attached hydrogen (secondary N) is 4. The standard InChI is InChI=1S/C38H39Cl2N7O4/c1-38(2,37(50)41-3)44-20-24-19-43-31-17-22(15-16-47(31)36(24)49)26-7-5-8-27(33(26)39)28-9-6-10-29(34(28)40)30-13-11-23(35(46-30)51-4)18-42-21-25-12-14-32(48)45-25/h5-11,13,15-17,19,25,42,44H,12,14,18,20-21H2,1-4H3,(H,41,50)(H,45,48). The molecule has 0 radical (unpaired) electrons. The van der Waals surface area contributed by atoms with Gasteiger partial charge < -0.3 is 20.7 Å². The Balaban J connectivity index is 1.25. The fourth-order valence-electron chi connectivity index (χ4n) is 6.15. The van der Waals surface area contributed by atoms with E-state index in [1.54, 1.807) is 34.2 Å². The second-order valence-corrected chi connectivity index (χ2v) is 13.7. The summed E-state index contributed by atoms with van der Waals surface area (Å²) in [5.74, 6) is 0.389. The first kappa shape index (κ1) is 36.0. The zero-order valence-electron chi connectivity index (χ0n) is 28.8. The first-order valence-corrected chi connectivity index (χ1v) is 17.4. The van der Waals surface area contributed by atoms with Crippen molar-refractivity contribution >= 4 is 40.7 Å². The third kappa shape index (κ3) is 7.62. The van der Waals surface area contributed by atoms with Gasteiger partial charge in [0.05, 0.1) is 34.0 Å². The quantitative estimate of drug-likeness (QED) is 0.134. The highest BCUT2D eigenvalue weighted by atomic mass is 35.5. The number of benzene rings is 2. The maximum absolute atomic E-state index is 13.3. The Labute approximate surface area is 305 Å². The minimum atomic E-state index is -0.863. The Morgan fingerprint density at radius 3 is 2.37 bits per heavy atom. The number of likely N-dealkylation sites (N-methyl/N-ethyl adjacent to an activating group) is 1. The van der Waals surface area contributed by atoms with Gasteiger partial charge >= 0.3 is 0 Å². The molecule has 3 aromatic heterocycles. The number of carbonyl (C=O) groups excluding carboxylic acids is 2. The summed E-state index contributed by atoms with van der Waals surface area (Å²) >= 11 is 14.2. The number of nitrogens with zero attached hydrogens (tertiary/aromatic N) is 3. The highest BCUT2D eigenvalue weighted by molar-refractivity contribution is 6.39. The number of aromatic nitrogens is 3. The minimum Gasteiger partial charge on any atom is -0.481 e. The van der Waals surface area contributed by atoms with Crippen LogP contribution in [-0.2, 0) is 22.7 Å². The lowest BCUT2D eigenvalue weighted by Gasteiger charge is -2.24. The average Bonchev–Trinajstić information content (AvgIpc) is 3.55. The largest absolute Gasteiger partial charge is 0.481 e. The molecule has 1 aliphatic heterocycles. The summed E-state index contributed by atoms with van der Waals surface area (Å²) < 4.78 is 7.11. The molecule has 1 fully saturated rings. The second-order valence-electron chi connectivity index (χ2n) is 12.9. The summed E-state index contributed by atoms with van der Waals surface area (Å²) in [5, 5.41) is 13.1. The Bertz CT molecular complexity index is 2190. The van der Waals surface area contributed by atoms with Gasteiger partial charge in [0.25, 0.3) is 5.56 Å². The number of carbonyl (C=O) groups is 2. The number of amides is 2. The summed E-state index contributed by atoms with van der Waals surface area (Å²) in [5.41, 5.74) is 5.04. The van der Waals surface area contributed by atoms with Crippen molar-refractivity contribution in [3.8, 4) is 39.4 Å². The van der Waals surface area contributed by atoms with Crippen LogP contribution < -0.4 is 31.6 Å². The molecule has 2 amide bonds. The smallest absolute Gasteiger partial charge is 0.262 e. The van der Waals surface area contributed by atoms with Crippen molar-refractivity contribution < 1.29 is 14.3 Å². The second kappa shape index (κ2) is 15.2. The molecular formula is C38H39Cl2N7O4. The molecule has 4 N–H and O–H groups in total. The van der Waals surface area contributed by atoms with E-state index < -0.39 is 5.54 Å². The van der Waals surface area contributed by atoms with Crippen molar-refractivity contribution in [2.75, 3.05) is 20.7 Å². The lowest BCUT2D eigenvalue weighted by Crippen LogP contribution is -2.51. The van der Waals surface area contributed by atoms with Crippen molar-refractivity contribution in [2.45, 2.75) is 51.4 Å². The van der Waals surface area contributed by atoms with Crippen LogP contribution in [0.25, 0.3) is 39.2 Å². The maximum Gasteiger partial charge on any atom is 0.262 e. The predicted molar refractivity (Wildman–Crippen MR) is 200 cm³/mol. The van der Waals surface area contributed by atoms with E-state index >= 15 is 0 Å². The Morgan fingerprint density at radius 1 is 0.980 bits per heavy atom. The normalized spacial score (nSPS) is 14.5. The Hall–Kier alpha value is -4.81. The molecule has 2 aromatic carbocycles. The highest BCUT2D eigenvalue weighted by Crippen LogP contribution is 2.42. The van der Waals surface area contributed by atoms with Gasteiger partial charge in [0, 0.05) is 79.4 Å². The summed E-state index contributed by atoms with van der Waals surface area (Å²) in [7, 11) is 3.16. The monoisotopic (exact) mass is 727 g/mol. The van der Waals surface area contributed by atoms with Crippen LogP contribution in [0.1, 0.15) is 37.8 Å². The first-order chi connectivity index (χ1) is 24.5. The van der Waals surface area contributed by atoms with Gasteiger partial charge in [-0.3, -0.25) is 24.1 Å². The topological polar surface area (TPSA) is 139 Å². The van der Waals surface area contributed by atoms with Gasteiger partial charge in [-0.05, 0) is 44.0 Å². The van der Waals surface area contributed by atoms with Crippen molar-refractivity contribution in [1.82, 2.24) is 35.6 Å². The fraction of sp³-hybridized carbons (Fsp3) is 0.289. The maximum atomic E-state index is 13.3. The highest BCUT2D eigenvalue weighted by Gasteiger charge is 2.26. The molecular weight excluding hydrogens is 689 g/mol. The lowest BCUT2D eigenvalue weighted by molar-refractivity contribution is -0.126. The van der Waals surface area contributed by atoms with E-state index in [0.717, 1.165) is 39.8 Å². The first-order valence-electron chi connectivity index (χ1n) is 16.6. The molecule has 1 unspecified atom stereocenters. The van der Waals surface area contributed by atoms with E-state index in [1.165, 1.54) is 10.6 Å².